The monoisotopic (exact) mass is 1350 g/mol. The number of ether oxygens (including phenoxy) is 1. The van der Waals surface area contributed by atoms with Gasteiger partial charge in [-0.3, -0.25) is 9.59 Å². The van der Waals surface area contributed by atoms with Crippen molar-refractivity contribution in [3.63, 3.8) is 0 Å². The molecule has 0 fully saturated rings. The molecule has 0 radical (unpaired) electrons. The van der Waals surface area contributed by atoms with Crippen LogP contribution in [0.2, 0.25) is 0 Å². The zero-order valence-electron chi connectivity index (χ0n) is 65.7. The number of aliphatic hydroxyl groups excluding tert-OH is 2. The molecule has 0 aromatic rings. The largest absolute Gasteiger partial charge is 0.466 e. The summed E-state index contributed by atoms with van der Waals surface area (Å²) in [6, 6.07) is -0.540. The summed E-state index contributed by atoms with van der Waals surface area (Å²) in [5.41, 5.74) is 0. The van der Waals surface area contributed by atoms with Gasteiger partial charge in [0, 0.05) is 12.8 Å². The minimum Gasteiger partial charge on any atom is -0.466 e. The van der Waals surface area contributed by atoms with E-state index in [-0.39, 0.29) is 18.5 Å². The van der Waals surface area contributed by atoms with Gasteiger partial charge in [0.25, 0.3) is 0 Å². The minimum absolute atomic E-state index is 0.0194. The molecule has 0 saturated carbocycles. The fraction of sp³-hybridized carbons (Fsp3) is 0.933. The van der Waals surface area contributed by atoms with Crippen molar-refractivity contribution >= 4 is 11.9 Å². The highest BCUT2D eigenvalue weighted by Gasteiger charge is 2.20. The second-order valence-corrected chi connectivity index (χ2v) is 30.9. The molecule has 570 valence electrons. The zero-order valence-corrected chi connectivity index (χ0v) is 65.7. The van der Waals surface area contributed by atoms with E-state index >= 15 is 0 Å². The van der Waals surface area contributed by atoms with E-state index in [1.165, 1.54) is 443 Å². The average Bonchev–Trinajstić information content (AvgIpc) is 2.81. The molecule has 0 aliphatic carbocycles. The molecule has 6 heteroatoms. The van der Waals surface area contributed by atoms with E-state index in [1.807, 2.05) is 0 Å². The Morgan fingerprint density at radius 3 is 0.740 bits per heavy atom. The van der Waals surface area contributed by atoms with Crippen molar-refractivity contribution in [3.05, 3.63) is 24.3 Å². The third-order valence-corrected chi connectivity index (χ3v) is 21.2. The molecule has 6 nitrogen and oxygen atoms in total. The highest BCUT2D eigenvalue weighted by molar-refractivity contribution is 5.76. The SMILES string of the molecule is CCCCCCCC/C=C\CCCCCCCCCC(=O)OCCCCCCCCCCCCCCCCCC/C=C\CCCCCCCCCCCCCCCCCCCC(=O)NC(CO)C(O)CCCCCCCCCCCCCCCCCCCCCCCCCCC. The summed E-state index contributed by atoms with van der Waals surface area (Å²) in [4.78, 5) is 24.7. The van der Waals surface area contributed by atoms with Crippen LogP contribution in [0.4, 0.5) is 0 Å². The number of allylic oxidation sites excluding steroid dienone is 4. The standard InChI is InChI=1S/C90H175NO5/c1-3-5-7-9-11-13-15-17-19-21-22-23-24-38-41-44-47-51-54-58-62-66-70-74-78-82-88(93)87(86-92)91-89(94)83-79-75-71-67-63-59-55-52-48-45-42-39-36-34-32-30-28-26-25-27-29-31-33-35-37-40-43-46-49-53-57-61-65-69-73-77-81-85-96-90(95)84-80-76-72-68-64-60-56-50-20-18-16-14-12-10-8-6-4-2/h18,20,25,27,87-88,92-93H,3-17,19,21-24,26,28-86H2,1-2H3,(H,91,94)/b20-18-,27-25-. The van der Waals surface area contributed by atoms with Gasteiger partial charge in [0.15, 0.2) is 0 Å². The Labute approximate surface area is 602 Å². The minimum atomic E-state index is -0.663. The smallest absolute Gasteiger partial charge is 0.305 e. The second kappa shape index (κ2) is 85.8. The number of unbranched alkanes of at least 4 members (excludes halogenated alkanes) is 70. The van der Waals surface area contributed by atoms with Gasteiger partial charge < -0.3 is 20.3 Å². The van der Waals surface area contributed by atoms with Crippen molar-refractivity contribution in [1.82, 2.24) is 5.32 Å². The zero-order chi connectivity index (χ0) is 69.1. The number of rotatable bonds is 85. The van der Waals surface area contributed by atoms with E-state index < -0.39 is 12.1 Å². The predicted octanol–water partition coefficient (Wildman–Crippen LogP) is 29.9. The lowest BCUT2D eigenvalue weighted by molar-refractivity contribution is -0.143. The van der Waals surface area contributed by atoms with Crippen molar-refractivity contribution in [3.8, 4) is 0 Å². The predicted molar refractivity (Wildman–Crippen MR) is 426 cm³/mol. The van der Waals surface area contributed by atoms with E-state index in [0.717, 1.165) is 38.5 Å². The van der Waals surface area contributed by atoms with Gasteiger partial charge in [0.2, 0.25) is 5.91 Å². The van der Waals surface area contributed by atoms with Gasteiger partial charge in [-0.15, -0.1) is 0 Å². The van der Waals surface area contributed by atoms with Crippen LogP contribution in [-0.2, 0) is 14.3 Å². The van der Waals surface area contributed by atoms with Crippen molar-refractivity contribution in [2.45, 2.75) is 527 Å². The summed E-state index contributed by atoms with van der Waals surface area (Å²) < 4.78 is 5.51. The summed E-state index contributed by atoms with van der Waals surface area (Å²) in [7, 11) is 0. The second-order valence-electron chi connectivity index (χ2n) is 30.9. The van der Waals surface area contributed by atoms with Crippen LogP contribution >= 0.6 is 0 Å². The third-order valence-electron chi connectivity index (χ3n) is 21.2. The van der Waals surface area contributed by atoms with Crippen LogP contribution in [0.3, 0.4) is 0 Å². The van der Waals surface area contributed by atoms with Crippen molar-refractivity contribution in [2.75, 3.05) is 13.2 Å². The van der Waals surface area contributed by atoms with Crippen LogP contribution in [-0.4, -0.2) is 47.4 Å². The highest BCUT2D eigenvalue weighted by atomic mass is 16.5. The van der Waals surface area contributed by atoms with E-state index in [4.69, 9.17) is 4.74 Å². The molecule has 96 heavy (non-hydrogen) atoms. The van der Waals surface area contributed by atoms with E-state index in [1.54, 1.807) is 0 Å². The van der Waals surface area contributed by atoms with Crippen LogP contribution < -0.4 is 5.32 Å². The van der Waals surface area contributed by atoms with E-state index in [2.05, 4.69) is 43.5 Å². The molecule has 3 N–H and O–H groups in total. The molecule has 0 aliphatic heterocycles. The lowest BCUT2D eigenvalue weighted by Crippen LogP contribution is -2.45. The van der Waals surface area contributed by atoms with E-state index in [0.29, 0.717) is 25.9 Å². The molecule has 0 aromatic carbocycles. The number of hydrogen-bond acceptors (Lipinski definition) is 5. The summed E-state index contributed by atoms with van der Waals surface area (Å²) in [5.74, 6) is -0.00496. The number of hydrogen-bond donors (Lipinski definition) is 3. The van der Waals surface area contributed by atoms with Gasteiger partial charge in [-0.2, -0.15) is 0 Å². The Morgan fingerprint density at radius 1 is 0.281 bits per heavy atom. The van der Waals surface area contributed by atoms with Crippen molar-refractivity contribution < 1.29 is 24.5 Å². The number of carbonyl (C=O) groups is 2. The summed E-state index contributed by atoms with van der Waals surface area (Å²) >= 11 is 0. The maximum absolute atomic E-state index is 12.6. The molecule has 2 unspecified atom stereocenters. The molecule has 0 rings (SSSR count). The molecule has 2 atom stereocenters. The van der Waals surface area contributed by atoms with Crippen LogP contribution in [0, 0.1) is 0 Å². The fourth-order valence-electron chi connectivity index (χ4n) is 14.5. The number of carbonyl (C=O) groups excluding carboxylic acids is 2. The first-order valence-electron chi connectivity index (χ1n) is 44.6. The number of esters is 1. The molecule has 0 bridgehead atoms. The van der Waals surface area contributed by atoms with Crippen LogP contribution in [0.1, 0.15) is 515 Å². The lowest BCUT2D eigenvalue weighted by atomic mass is 10.0. The number of nitrogens with one attached hydrogen (secondary N) is 1. The molecular weight excluding hydrogens is 1170 g/mol. The molecular formula is C90H175NO5. The van der Waals surface area contributed by atoms with Crippen LogP contribution in [0.5, 0.6) is 0 Å². The Hall–Kier alpha value is -1.66. The Morgan fingerprint density at radius 2 is 0.490 bits per heavy atom. The average molecular weight is 1350 g/mol. The molecule has 0 heterocycles. The van der Waals surface area contributed by atoms with Crippen LogP contribution in [0.25, 0.3) is 0 Å². The Bertz CT molecular complexity index is 1510. The molecule has 0 aromatic heterocycles. The normalized spacial score (nSPS) is 12.5. The van der Waals surface area contributed by atoms with Gasteiger partial charge in [0.05, 0.1) is 25.4 Å². The van der Waals surface area contributed by atoms with Gasteiger partial charge in [-0.25, -0.2) is 0 Å². The Balaban J connectivity index is 3.33. The first kappa shape index (κ1) is 94.3. The fourth-order valence-corrected chi connectivity index (χ4v) is 14.5. The summed E-state index contributed by atoms with van der Waals surface area (Å²) in [6.45, 7) is 5.01. The molecule has 0 spiro atoms. The van der Waals surface area contributed by atoms with Gasteiger partial charge in [-0.1, -0.05) is 449 Å². The van der Waals surface area contributed by atoms with Gasteiger partial charge in [-0.05, 0) is 77.0 Å². The number of amides is 1. The topological polar surface area (TPSA) is 95.9 Å². The van der Waals surface area contributed by atoms with Crippen LogP contribution in [0.15, 0.2) is 24.3 Å². The maximum atomic E-state index is 12.6. The molecule has 0 aliphatic rings. The van der Waals surface area contributed by atoms with Crippen molar-refractivity contribution in [1.29, 1.82) is 0 Å². The summed E-state index contributed by atoms with van der Waals surface area (Å²) in [5, 5.41) is 23.5. The Kier molecular flexibility index (Phi) is 84.3. The van der Waals surface area contributed by atoms with Gasteiger partial charge in [0.1, 0.15) is 0 Å². The quantitative estimate of drug-likeness (QED) is 0.0320. The summed E-state index contributed by atoms with van der Waals surface area (Å²) in [6.07, 6.45) is 112. The molecule has 1 amide bonds. The van der Waals surface area contributed by atoms with E-state index in [9.17, 15) is 19.8 Å². The highest BCUT2D eigenvalue weighted by Crippen LogP contribution is 2.21. The third kappa shape index (κ3) is 81.3. The van der Waals surface area contributed by atoms with Crippen molar-refractivity contribution in [2.24, 2.45) is 0 Å². The number of aliphatic hydroxyl groups is 2. The maximum Gasteiger partial charge on any atom is 0.305 e. The first-order valence-corrected chi connectivity index (χ1v) is 44.6. The lowest BCUT2D eigenvalue weighted by Gasteiger charge is -2.22. The molecule has 0 saturated heterocycles. The van der Waals surface area contributed by atoms with Gasteiger partial charge >= 0.3 is 5.97 Å². The first-order chi connectivity index (χ1) is 47.5.